The number of nitriles is 1. The van der Waals surface area contributed by atoms with Gasteiger partial charge in [0.25, 0.3) is 0 Å². The first-order valence-corrected chi connectivity index (χ1v) is 11.0. The Bertz CT molecular complexity index is 888. The summed E-state index contributed by atoms with van der Waals surface area (Å²) >= 11 is 0. The lowest BCUT2D eigenvalue weighted by Crippen LogP contribution is -2.63. The molecule has 0 atom stereocenters. The maximum absolute atomic E-state index is 13.7. The van der Waals surface area contributed by atoms with E-state index in [0.29, 0.717) is 0 Å². The van der Waals surface area contributed by atoms with Crippen LogP contribution in [0, 0.1) is 11.3 Å². The molecule has 0 saturated heterocycles. The van der Waals surface area contributed by atoms with Gasteiger partial charge in [-0.15, -0.1) is 10.3 Å². The van der Waals surface area contributed by atoms with Gasteiger partial charge in [-0.25, -0.2) is 3.63 Å². The molecule has 0 saturated carbocycles. The highest BCUT2D eigenvalue weighted by Gasteiger charge is 2.86. The molecule has 0 aliphatic heterocycles. The standard InChI is InChI=1S/C14H12F9NO3S2/c1-28(2,8-10-5-3-9(7-24)4-6-10)27-29(25,26)14(22,23)12(17,18)11(15,16)13(19,20)21/h3-6H,8H2,1-2H3. The summed E-state index contributed by atoms with van der Waals surface area (Å²) in [5.74, 6) is -15.2. The Balaban J connectivity index is 3.23. The van der Waals surface area contributed by atoms with Gasteiger partial charge in [0.15, 0.2) is 0 Å². The van der Waals surface area contributed by atoms with E-state index in [1.165, 1.54) is 24.3 Å². The molecule has 0 heterocycles. The van der Waals surface area contributed by atoms with Crippen LogP contribution in [0.1, 0.15) is 11.1 Å². The van der Waals surface area contributed by atoms with Crippen LogP contribution in [-0.4, -0.2) is 44.2 Å². The molecule has 166 valence electrons. The zero-order valence-electron chi connectivity index (χ0n) is 14.4. The minimum Gasteiger partial charge on any atom is -0.215 e. The summed E-state index contributed by atoms with van der Waals surface area (Å²) in [6.07, 6.45) is -5.38. The van der Waals surface area contributed by atoms with E-state index in [2.05, 4.69) is 3.63 Å². The van der Waals surface area contributed by atoms with Crippen molar-refractivity contribution in [2.24, 2.45) is 0 Å². The Labute approximate surface area is 160 Å². The number of rotatable bonds is 7. The predicted octanol–water partition coefficient (Wildman–Crippen LogP) is 4.81. The molecule has 0 bridgehead atoms. The molecule has 29 heavy (non-hydrogen) atoms. The number of nitrogens with zero attached hydrogens (tertiary/aromatic N) is 1. The summed E-state index contributed by atoms with van der Waals surface area (Å²) in [6.45, 7) is 0. The van der Waals surface area contributed by atoms with Crippen molar-refractivity contribution < 1.29 is 51.6 Å². The Hall–Kier alpha value is -1.66. The molecule has 0 aliphatic carbocycles. The minimum atomic E-state index is -7.35. The highest BCUT2D eigenvalue weighted by molar-refractivity contribution is 8.31. The van der Waals surface area contributed by atoms with Gasteiger partial charge in [-0.05, 0) is 30.2 Å². The van der Waals surface area contributed by atoms with E-state index in [0.717, 1.165) is 12.5 Å². The molecule has 4 nitrogen and oxygen atoms in total. The van der Waals surface area contributed by atoms with Crippen LogP contribution in [0.25, 0.3) is 0 Å². The lowest BCUT2D eigenvalue weighted by molar-refractivity contribution is -0.382. The summed E-state index contributed by atoms with van der Waals surface area (Å²) in [4.78, 5) is 0. The topological polar surface area (TPSA) is 67.2 Å². The predicted molar refractivity (Wildman–Crippen MR) is 85.2 cm³/mol. The summed E-state index contributed by atoms with van der Waals surface area (Å²) in [5.41, 5.74) is 0.380. The molecule has 0 aromatic heterocycles. The lowest BCUT2D eigenvalue weighted by atomic mass is 10.1. The summed E-state index contributed by atoms with van der Waals surface area (Å²) < 4.78 is 143. The van der Waals surface area contributed by atoms with Gasteiger partial charge in [0.05, 0.1) is 11.6 Å². The molecule has 0 N–H and O–H groups in total. The van der Waals surface area contributed by atoms with Crippen molar-refractivity contribution in [2.75, 3.05) is 12.5 Å². The van der Waals surface area contributed by atoms with Gasteiger partial charge in [0.1, 0.15) is 0 Å². The number of hydrogen-bond donors (Lipinski definition) is 0. The van der Waals surface area contributed by atoms with Crippen LogP contribution in [0.2, 0.25) is 0 Å². The van der Waals surface area contributed by atoms with Crippen molar-refractivity contribution in [3.05, 3.63) is 35.4 Å². The van der Waals surface area contributed by atoms with E-state index in [-0.39, 0.29) is 11.1 Å². The summed E-state index contributed by atoms with van der Waals surface area (Å²) in [7, 11) is -10.2. The van der Waals surface area contributed by atoms with Crippen LogP contribution in [-0.2, 0) is 19.5 Å². The first-order valence-electron chi connectivity index (χ1n) is 7.08. The van der Waals surface area contributed by atoms with Crippen molar-refractivity contribution in [1.82, 2.24) is 0 Å². The second kappa shape index (κ2) is 7.55. The van der Waals surface area contributed by atoms with Crippen LogP contribution >= 0.6 is 10.3 Å². The molecular weight excluding hydrogens is 465 g/mol. The van der Waals surface area contributed by atoms with E-state index in [1.807, 2.05) is 0 Å². The highest BCUT2D eigenvalue weighted by Crippen LogP contribution is 2.57. The number of hydrogen-bond acceptors (Lipinski definition) is 4. The molecule has 0 aliphatic rings. The number of halogens is 9. The normalized spacial score (nSPS) is 15.1. The highest BCUT2D eigenvalue weighted by atomic mass is 32.3. The fraction of sp³-hybridized carbons (Fsp3) is 0.500. The van der Waals surface area contributed by atoms with Gasteiger partial charge in [-0.3, -0.25) is 0 Å². The van der Waals surface area contributed by atoms with Gasteiger partial charge in [-0.2, -0.15) is 53.2 Å². The van der Waals surface area contributed by atoms with Crippen LogP contribution in [0.5, 0.6) is 0 Å². The molecule has 0 radical (unpaired) electrons. The fourth-order valence-electron chi connectivity index (χ4n) is 1.90. The maximum atomic E-state index is 13.7. The molecule has 0 fully saturated rings. The van der Waals surface area contributed by atoms with Gasteiger partial charge in [0.2, 0.25) is 0 Å². The van der Waals surface area contributed by atoms with Gasteiger partial charge >= 0.3 is 33.4 Å². The monoisotopic (exact) mass is 477 g/mol. The van der Waals surface area contributed by atoms with Crippen molar-refractivity contribution in [1.29, 1.82) is 5.26 Å². The molecule has 15 heteroatoms. The summed E-state index contributed by atoms with van der Waals surface area (Å²) in [5, 5.41) is 1.76. The minimum absolute atomic E-state index is 0.177. The van der Waals surface area contributed by atoms with Crippen LogP contribution in [0.15, 0.2) is 24.3 Å². The number of benzene rings is 1. The molecule has 1 aromatic rings. The molecule has 0 amide bonds. The van der Waals surface area contributed by atoms with Gasteiger partial charge in [0, 0.05) is 5.75 Å². The van der Waals surface area contributed by atoms with E-state index in [9.17, 15) is 47.9 Å². The first kappa shape index (κ1) is 25.4. The van der Waals surface area contributed by atoms with E-state index >= 15 is 0 Å². The second-order valence-corrected chi connectivity index (χ2v) is 11.2. The first-order chi connectivity index (χ1) is 12.7. The van der Waals surface area contributed by atoms with Crippen molar-refractivity contribution >= 4 is 20.4 Å². The van der Waals surface area contributed by atoms with E-state index < -0.39 is 49.5 Å². The zero-order chi connectivity index (χ0) is 23.1. The molecular formula is C14H12F9NO3S2. The molecule has 1 rings (SSSR count). The van der Waals surface area contributed by atoms with Crippen molar-refractivity contribution in [3.63, 3.8) is 0 Å². The molecule has 1 aromatic carbocycles. The van der Waals surface area contributed by atoms with Crippen LogP contribution in [0.3, 0.4) is 0 Å². The fourth-order valence-corrected chi connectivity index (χ4v) is 5.82. The van der Waals surface area contributed by atoms with Crippen molar-refractivity contribution in [3.8, 4) is 6.07 Å². The van der Waals surface area contributed by atoms with Crippen molar-refractivity contribution in [2.45, 2.75) is 29.0 Å². The van der Waals surface area contributed by atoms with E-state index in [1.54, 1.807) is 6.07 Å². The smallest absolute Gasteiger partial charge is 0.215 e. The van der Waals surface area contributed by atoms with Gasteiger partial charge in [-0.1, -0.05) is 12.1 Å². The lowest BCUT2D eigenvalue weighted by Gasteiger charge is -2.36. The Kier molecular flexibility index (Phi) is 6.60. The third kappa shape index (κ3) is 4.75. The summed E-state index contributed by atoms with van der Waals surface area (Å²) in [6, 6.07) is 6.78. The Morgan fingerprint density at radius 1 is 0.897 bits per heavy atom. The van der Waals surface area contributed by atoms with E-state index in [4.69, 9.17) is 5.26 Å². The average molecular weight is 477 g/mol. The molecule has 0 unspecified atom stereocenters. The van der Waals surface area contributed by atoms with Crippen LogP contribution < -0.4 is 0 Å². The Morgan fingerprint density at radius 3 is 1.72 bits per heavy atom. The average Bonchev–Trinajstić information content (AvgIpc) is 2.52. The SMILES string of the molecule is CS(C)(Cc1ccc(C#N)cc1)OS(=O)(=O)C(F)(F)C(F)(F)C(F)(F)C(F)(F)F. The Morgan fingerprint density at radius 2 is 1.34 bits per heavy atom. The number of alkyl halides is 9. The quantitative estimate of drug-likeness (QED) is 0.529. The largest absolute Gasteiger partial charge is 0.460 e. The maximum Gasteiger partial charge on any atom is 0.460 e. The second-order valence-electron chi connectivity index (χ2n) is 6.08. The third-order valence-corrected chi connectivity index (χ3v) is 7.40. The van der Waals surface area contributed by atoms with Gasteiger partial charge < -0.3 is 0 Å². The molecule has 0 spiro atoms. The zero-order valence-corrected chi connectivity index (χ0v) is 16.0. The van der Waals surface area contributed by atoms with Crippen LogP contribution in [0.4, 0.5) is 39.5 Å². The third-order valence-electron chi connectivity index (χ3n) is 3.30.